The van der Waals surface area contributed by atoms with Crippen LogP contribution in [0, 0.1) is 0 Å². The molecule has 0 aliphatic rings. The molecule has 1 atom stereocenters. The summed E-state index contributed by atoms with van der Waals surface area (Å²) in [6, 6.07) is 21.1. The van der Waals surface area contributed by atoms with Crippen molar-refractivity contribution in [3.63, 3.8) is 0 Å². The number of amides is 1. The van der Waals surface area contributed by atoms with E-state index in [0.29, 0.717) is 5.02 Å². The van der Waals surface area contributed by atoms with Crippen LogP contribution in [0.5, 0.6) is 0 Å². The fraction of sp³-hybridized carbons (Fsp3) is 0.0952. The second kappa shape index (κ2) is 8.47. The second-order valence-corrected chi connectivity index (χ2v) is 6.21. The number of pyridine rings is 1. The molecule has 0 aliphatic heterocycles. The van der Waals surface area contributed by atoms with E-state index in [0.717, 1.165) is 11.1 Å². The van der Waals surface area contributed by atoms with Crippen LogP contribution in [0.1, 0.15) is 38.1 Å². The van der Waals surface area contributed by atoms with E-state index < -0.39 is 17.9 Å². The van der Waals surface area contributed by atoms with Gasteiger partial charge in [-0.15, -0.1) is 0 Å². The van der Waals surface area contributed by atoms with Crippen LogP contribution in [-0.2, 0) is 4.74 Å². The Kier molecular flexibility index (Phi) is 5.84. The van der Waals surface area contributed by atoms with Crippen LogP contribution < -0.4 is 5.32 Å². The fourth-order valence-electron chi connectivity index (χ4n) is 2.68. The molecule has 5 nitrogen and oxygen atoms in total. The molecule has 0 saturated heterocycles. The summed E-state index contributed by atoms with van der Waals surface area (Å²) in [5.41, 5.74) is 1.94. The maximum absolute atomic E-state index is 12.8. The number of halogens is 1. The maximum atomic E-state index is 12.8. The zero-order chi connectivity index (χ0) is 19.2. The first-order chi connectivity index (χ1) is 13.1. The number of benzene rings is 2. The molecule has 0 fully saturated rings. The van der Waals surface area contributed by atoms with Gasteiger partial charge in [0, 0.05) is 5.02 Å². The first-order valence-electron chi connectivity index (χ1n) is 8.25. The van der Waals surface area contributed by atoms with E-state index in [1.54, 1.807) is 24.3 Å². The van der Waals surface area contributed by atoms with Gasteiger partial charge in [0.1, 0.15) is 11.4 Å². The topological polar surface area (TPSA) is 68.3 Å². The Labute approximate surface area is 162 Å². The Morgan fingerprint density at radius 3 is 2.30 bits per heavy atom. The van der Waals surface area contributed by atoms with Gasteiger partial charge in [-0.25, -0.2) is 9.78 Å². The molecule has 0 aliphatic carbocycles. The SMILES string of the molecule is COC(=O)c1cccc(C(=O)NC(c2ccccc2)c2cccc(Cl)c2)n1. The molecule has 0 spiro atoms. The Bertz CT molecular complexity index is 960. The van der Waals surface area contributed by atoms with Crippen molar-refractivity contribution in [2.45, 2.75) is 6.04 Å². The molecule has 1 aromatic heterocycles. The lowest BCUT2D eigenvalue weighted by Crippen LogP contribution is -2.30. The fourth-order valence-corrected chi connectivity index (χ4v) is 2.87. The highest BCUT2D eigenvalue weighted by atomic mass is 35.5. The lowest BCUT2D eigenvalue weighted by molar-refractivity contribution is 0.0594. The van der Waals surface area contributed by atoms with Gasteiger partial charge in [-0.2, -0.15) is 0 Å². The largest absolute Gasteiger partial charge is 0.464 e. The number of carbonyl (C=O) groups is 2. The number of carbonyl (C=O) groups excluding carboxylic acids is 2. The number of nitrogens with zero attached hydrogens (tertiary/aromatic N) is 1. The van der Waals surface area contributed by atoms with Gasteiger partial charge in [-0.3, -0.25) is 4.79 Å². The van der Waals surface area contributed by atoms with Crippen LogP contribution in [-0.4, -0.2) is 24.0 Å². The Hall–Kier alpha value is -3.18. The molecule has 0 saturated carbocycles. The van der Waals surface area contributed by atoms with E-state index >= 15 is 0 Å². The van der Waals surface area contributed by atoms with E-state index in [1.165, 1.54) is 13.2 Å². The minimum atomic E-state index is -0.598. The van der Waals surface area contributed by atoms with Crippen molar-refractivity contribution in [3.8, 4) is 0 Å². The van der Waals surface area contributed by atoms with Crippen molar-refractivity contribution in [1.82, 2.24) is 10.3 Å². The normalized spacial score (nSPS) is 11.5. The number of hydrogen-bond acceptors (Lipinski definition) is 4. The van der Waals surface area contributed by atoms with Crippen molar-refractivity contribution < 1.29 is 14.3 Å². The molecule has 1 amide bonds. The van der Waals surface area contributed by atoms with Gasteiger partial charge in [0.25, 0.3) is 5.91 Å². The van der Waals surface area contributed by atoms with Crippen LogP contribution in [0.25, 0.3) is 0 Å². The predicted octanol–water partition coefficient (Wildman–Crippen LogP) is 4.04. The van der Waals surface area contributed by atoms with Gasteiger partial charge >= 0.3 is 5.97 Å². The van der Waals surface area contributed by atoms with E-state index in [2.05, 4.69) is 15.0 Å². The summed E-state index contributed by atoms with van der Waals surface area (Å²) in [6.45, 7) is 0. The van der Waals surface area contributed by atoms with E-state index in [9.17, 15) is 9.59 Å². The number of nitrogens with one attached hydrogen (secondary N) is 1. The highest BCUT2D eigenvalue weighted by Crippen LogP contribution is 2.24. The van der Waals surface area contributed by atoms with Gasteiger partial charge in [0.2, 0.25) is 0 Å². The van der Waals surface area contributed by atoms with E-state index in [4.69, 9.17) is 11.6 Å². The summed E-state index contributed by atoms with van der Waals surface area (Å²) in [7, 11) is 1.27. The minimum absolute atomic E-state index is 0.0733. The smallest absolute Gasteiger partial charge is 0.356 e. The Morgan fingerprint density at radius 1 is 0.926 bits per heavy atom. The highest BCUT2D eigenvalue weighted by Gasteiger charge is 2.20. The second-order valence-electron chi connectivity index (χ2n) is 5.77. The number of aromatic nitrogens is 1. The standard InChI is InChI=1S/C21H17ClN2O3/c1-27-21(26)18-12-6-11-17(23-18)20(25)24-19(14-7-3-2-4-8-14)15-9-5-10-16(22)13-15/h2-13,19H,1H3,(H,24,25). The summed E-state index contributed by atoms with van der Waals surface area (Å²) in [4.78, 5) is 28.5. The van der Waals surface area contributed by atoms with Crippen molar-refractivity contribution in [3.05, 3.63) is 100 Å². The van der Waals surface area contributed by atoms with Gasteiger partial charge < -0.3 is 10.1 Å². The molecule has 0 bridgehead atoms. The molecule has 6 heteroatoms. The third-order valence-corrected chi connectivity index (χ3v) is 4.20. The number of hydrogen-bond donors (Lipinski definition) is 1. The predicted molar refractivity (Wildman–Crippen MR) is 103 cm³/mol. The minimum Gasteiger partial charge on any atom is -0.464 e. The molecule has 136 valence electrons. The molecule has 1 heterocycles. The van der Waals surface area contributed by atoms with Crippen molar-refractivity contribution in [2.75, 3.05) is 7.11 Å². The molecule has 3 rings (SSSR count). The molecule has 0 radical (unpaired) electrons. The van der Waals surface area contributed by atoms with E-state index in [1.807, 2.05) is 42.5 Å². The molecule has 27 heavy (non-hydrogen) atoms. The Morgan fingerprint density at radius 2 is 1.59 bits per heavy atom. The first kappa shape index (κ1) is 18.6. The van der Waals surface area contributed by atoms with Crippen molar-refractivity contribution in [2.24, 2.45) is 0 Å². The molecule has 1 unspecified atom stereocenters. The number of methoxy groups -OCH3 is 1. The van der Waals surface area contributed by atoms with Crippen LogP contribution in [0.2, 0.25) is 5.02 Å². The zero-order valence-electron chi connectivity index (χ0n) is 14.6. The van der Waals surface area contributed by atoms with Crippen LogP contribution in [0.4, 0.5) is 0 Å². The van der Waals surface area contributed by atoms with Crippen LogP contribution >= 0.6 is 11.6 Å². The summed E-state index contributed by atoms with van der Waals surface area (Å²) in [5.74, 6) is -1.01. The summed E-state index contributed by atoms with van der Waals surface area (Å²) < 4.78 is 4.66. The third-order valence-electron chi connectivity index (χ3n) is 3.97. The molecule has 2 aromatic carbocycles. The lowest BCUT2D eigenvalue weighted by Gasteiger charge is -2.20. The first-order valence-corrected chi connectivity index (χ1v) is 8.63. The third kappa shape index (κ3) is 4.51. The van der Waals surface area contributed by atoms with E-state index in [-0.39, 0.29) is 11.4 Å². The average Bonchev–Trinajstić information content (AvgIpc) is 2.72. The lowest BCUT2D eigenvalue weighted by atomic mass is 9.98. The monoisotopic (exact) mass is 380 g/mol. The molecule has 3 aromatic rings. The number of rotatable bonds is 5. The van der Waals surface area contributed by atoms with Crippen molar-refractivity contribution >= 4 is 23.5 Å². The van der Waals surface area contributed by atoms with Gasteiger partial charge in [-0.1, -0.05) is 60.1 Å². The van der Waals surface area contributed by atoms with Crippen LogP contribution in [0.15, 0.2) is 72.8 Å². The zero-order valence-corrected chi connectivity index (χ0v) is 15.3. The van der Waals surface area contributed by atoms with Crippen LogP contribution in [0.3, 0.4) is 0 Å². The quantitative estimate of drug-likeness (QED) is 0.678. The molecule has 1 N–H and O–H groups in total. The average molecular weight is 381 g/mol. The van der Waals surface area contributed by atoms with Gasteiger partial charge in [-0.05, 0) is 35.4 Å². The summed E-state index contributed by atoms with van der Waals surface area (Å²) >= 11 is 6.13. The highest BCUT2D eigenvalue weighted by molar-refractivity contribution is 6.30. The van der Waals surface area contributed by atoms with Gasteiger partial charge in [0.15, 0.2) is 0 Å². The number of ether oxygens (including phenoxy) is 1. The number of esters is 1. The summed E-state index contributed by atoms with van der Waals surface area (Å²) in [5, 5.41) is 3.54. The molecular weight excluding hydrogens is 364 g/mol. The van der Waals surface area contributed by atoms with Crippen molar-refractivity contribution in [1.29, 1.82) is 0 Å². The van der Waals surface area contributed by atoms with Gasteiger partial charge in [0.05, 0.1) is 13.2 Å². The Balaban J connectivity index is 1.93. The maximum Gasteiger partial charge on any atom is 0.356 e. The summed E-state index contributed by atoms with van der Waals surface area (Å²) in [6.07, 6.45) is 0. The molecular formula is C21H17ClN2O3.